The second-order valence-electron chi connectivity index (χ2n) is 9.32. The summed E-state index contributed by atoms with van der Waals surface area (Å²) in [6, 6.07) is 5.04. The number of benzene rings is 1. The third-order valence-electron chi connectivity index (χ3n) is 6.88. The molecule has 1 aromatic carbocycles. The van der Waals surface area contributed by atoms with Crippen molar-refractivity contribution in [1.29, 1.82) is 0 Å². The van der Waals surface area contributed by atoms with Crippen molar-refractivity contribution in [2.45, 2.75) is 76.5 Å². The normalized spacial score (nSPS) is 25.3. The van der Waals surface area contributed by atoms with E-state index in [4.69, 9.17) is 9.47 Å². The largest absolute Gasteiger partial charge is 0.490 e. The average Bonchev–Trinajstić information content (AvgIpc) is 2.82. The minimum Gasteiger partial charge on any atom is -0.490 e. The summed E-state index contributed by atoms with van der Waals surface area (Å²) < 4.78 is 12.3. The van der Waals surface area contributed by atoms with Gasteiger partial charge in [0.1, 0.15) is 18.5 Å². The number of carbonyl (C=O) groups excluding carboxylic acids is 3. The van der Waals surface area contributed by atoms with Gasteiger partial charge < -0.3 is 24.6 Å². The van der Waals surface area contributed by atoms with E-state index in [1.807, 2.05) is 11.8 Å². The summed E-state index contributed by atoms with van der Waals surface area (Å²) in [5.74, 6) is 0.417. The summed E-state index contributed by atoms with van der Waals surface area (Å²) in [6.45, 7) is 3.94. The van der Waals surface area contributed by atoms with Crippen molar-refractivity contribution < 1.29 is 23.9 Å². The summed E-state index contributed by atoms with van der Waals surface area (Å²) in [7, 11) is 1.79. The lowest BCUT2D eigenvalue weighted by Gasteiger charge is -2.42. The molecule has 0 saturated carbocycles. The molecule has 2 saturated heterocycles. The maximum atomic E-state index is 13.3. The highest BCUT2D eigenvalue weighted by Gasteiger charge is 2.39. The van der Waals surface area contributed by atoms with E-state index in [0.717, 1.165) is 45.2 Å². The van der Waals surface area contributed by atoms with Crippen LogP contribution in [0.15, 0.2) is 18.2 Å². The Kier molecular flexibility index (Phi) is 7.53. The van der Waals surface area contributed by atoms with Crippen LogP contribution in [0.2, 0.25) is 0 Å². The summed E-state index contributed by atoms with van der Waals surface area (Å²) in [6.07, 6.45) is 5.98. The molecule has 180 valence electrons. The van der Waals surface area contributed by atoms with E-state index < -0.39 is 0 Å². The Hall–Kier alpha value is -2.61. The van der Waals surface area contributed by atoms with Gasteiger partial charge in [0.15, 0.2) is 0 Å². The second kappa shape index (κ2) is 10.5. The summed E-state index contributed by atoms with van der Waals surface area (Å²) in [5.41, 5.74) is 1.03. The first-order valence-electron chi connectivity index (χ1n) is 12.2. The molecule has 1 aromatic rings. The van der Waals surface area contributed by atoms with Gasteiger partial charge in [0.2, 0.25) is 11.8 Å². The van der Waals surface area contributed by atoms with Crippen molar-refractivity contribution in [1.82, 2.24) is 9.80 Å². The molecule has 0 bridgehead atoms. The third-order valence-corrected chi connectivity index (χ3v) is 6.88. The molecule has 3 amide bonds. The Morgan fingerprint density at radius 2 is 1.94 bits per heavy atom. The van der Waals surface area contributed by atoms with E-state index in [1.54, 1.807) is 30.1 Å². The number of piperidine rings is 1. The molecule has 0 unspecified atom stereocenters. The fourth-order valence-corrected chi connectivity index (χ4v) is 5.02. The van der Waals surface area contributed by atoms with E-state index in [1.165, 1.54) is 6.42 Å². The molecular formula is C25H35N3O5. The summed E-state index contributed by atoms with van der Waals surface area (Å²) in [5, 5.41) is 2.85. The van der Waals surface area contributed by atoms with Crippen molar-refractivity contribution in [2.24, 2.45) is 0 Å². The van der Waals surface area contributed by atoms with Gasteiger partial charge in [-0.3, -0.25) is 14.4 Å². The molecule has 1 N–H and O–H groups in total. The summed E-state index contributed by atoms with van der Waals surface area (Å²) >= 11 is 0. The van der Waals surface area contributed by atoms with Crippen LogP contribution in [-0.2, 0) is 14.3 Å². The fraction of sp³-hybridized carbons (Fsp3) is 0.640. The first-order chi connectivity index (χ1) is 16.0. The van der Waals surface area contributed by atoms with Gasteiger partial charge in [0.05, 0.1) is 24.1 Å². The van der Waals surface area contributed by atoms with Crippen LogP contribution in [0.3, 0.4) is 0 Å². The Morgan fingerprint density at radius 3 is 2.70 bits per heavy atom. The van der Waals surface area contributed by atoms with Crippen LogP contribution in [-0.4, -0.2) is 72.5 Å². The number of anilines is 1. The highest BCUT2D eigenvalue weighted by atomic mass is 16.5. The highest BCUT2D eigenvalue weighted by Crippen LogP contribution is 2.32. The highest BCUT2D eigenvalue weighted by molar-refractivity contribution is 5.99. The fourth-order valence-electron chi connectivity index (χ4n) is 5.02. The predicted molar refractivity (Wildman–Crippen MR) is 124 cm³/mol. The molecule has 3 atom stereocenters. The maximum absolute atomic E-state index is 13.3. The third kappa shape index (κ3) is 5.49. The Balaban J connectivity index is 1.43. The van der Waals surface area contributed by atoms with Crippen molar-refractivity contribution in [3.63, 3.8) is 0 Å². The zero-order valence-corrected chi connectivity index (χ0v) is 19.7. The minimum atomic E-state index is -0.288. The molecule has 3 heterocycles. The zero-order chi connectivity index (χ0) is 23.4. The zero-order valence-electron chi connectivity index (χ0n) is 19.7. The summed E-state index contributed by atoms with van der Waals surface area (Å²) in [4.78, 5) is 41.6. The standard InChI is InChI=1S/C25H35N3O5/c1-3-7-23(29)26-17-8-11-21-19(14-17)25(31)27(2)20-10-9-18(33-22(20)16-32-21)15-24(30)28-12-5-4-6-13-28/h8,11,14,18,20,22H,3-7,9-10,12-13,15-16H2,1-2H3,(H,26,29)/t18-,20+,22-/m0/s1. The van der Waals surface area contributed by atoms with Gasteiger partial charge in [0, 0.05) is 32.2 Å². The molecule has 33 heavy (non-hydrogen) atoms. The molecule has 3 aliphatic rings. The molecular weight excluding hydrogens is 422 g/mol. The molecule has 0 aliphatic carbocycles. The van der Waals surface area contributed by atoms with Gasteiger partial charge in [-0.2, -0.15) is 0 Å². The molecule has 8 heteroatoms. The first-order valence-corrected chi connectivity index (χ1v) is 12.2. The number of likely N-dealkylation sites (tertiary alicyclic amines) is 1. The van der Waals surface area contributed by atoms with Gasteiger partial charge in [-0.15, -0.1) is 0 Å². The van der Waals surface area contributed by atoms with Crippen LogP contribution in [0, 0.1) is 0 Å². The molecule has 2 fully saturated rings. The van der Waals surface area contributed by atoms with Crippen LogP contribution >= 0.6 is 0 Å². The molecule has 0 radical (unpaired) electrons. The van der Waals surface area contributed by atoms with E-state index >= 15 is 0 Å². The number of fused-ring (bicyclic) bond motifs is 2. The number of hydrogen-bond donors (Lipinski definition) is 1. The van der Waals surface area contributed by atoms with Gasteiger partial charge in [-0.1, -0.05) is 6.92 Å². The number of amides is 3. The van der Waals surface area contributed by atoms with Crippen molar-refractivity contribution in [3.8, 4) is 5.75 Å². The Morgan fingerprint density at radius 1 is 1.15 bits per heavy atom. The number of likely N-dealkylation sites (N-methyl/N-ethyl adjacent to an activating group) is 1. The monoisotopic (exact) mass is 457 g/mol. The lowest BCUT2D eigenvalue weighted by molar-refractivity contribution is -0.143. The average molecular weight is 458 g/mol. The van der Waals surface area contributed by atoms with Crippen LogP contribution in [0.1, 0.15) is 68.6 Å². The first kappa shape index (κ1) is 23.5. The van der Waals surface area contributed by atoms with Crippen LogP contribution in [0.5, 0.6) is 5.75 Å². The number of hydrogen-bond acceptors (Lipinski definition) is 5. The Labute approximate surface area is 195 Å². The van der Waals surface area contributed by atoms with E-state index in [0.29, 0.717) is 36.4 Å². The van der Waals surface area contributed by atoms with Crippen molar-refractivity contribution in [3.05, 3.63) is 23.8 Å². The molecule has 0 aromatic heterocycles. The van der Waals surface area contributed by atoms with Gasteiger partial charge in [0.25, 0.3) is 5.91 Å². The Bertz CT molecular complexity index is 883. The van der Waals surface area contributed by atoms with Gasteiger partial charge in [-0.25, -0.2) is 0 Å². The molecule has 3 aliphatic heterocycles. The lowest BCUT2D eigenvalue weighted by Crippen LogP contribution is -2.54. The van der Waals surface area contributed by atoms with Crippen LogP contribution in [0.4, 0.5) is 5.69 Å². The van der Waals surface area contributed by atoms with E-state index in [2.05, 4.69) is 5.32 Å². The van der Waals surface area contributed by atoms with Gasteiger partial charge in [-0.05, 0) is 56.7 Å². The number of nitrogens with one attached hydrogen (secondary N) is 1. The SMILES string of the molecule is CCCC(=O)Nc1ccc2c(c1)C(=O)N(C)[C@@H]1CC[C@@H](CC(=O)N3CCCCC3)O[C@H]1CO2. The molecule has 4 rings (SSSR count). The number of nitrogens with zero attached hydrogens (tertiary/aromatic N) is 2. The quantitative estimate of drug-likeness (QED) is 0.734. The van der Waals surface area contributed by atoms with Gasteiger partial charge >= 0.3 is 0 Å². The topological polar surface area (TPSA) is 88.2 Å². The number of rotatable bonds is 5. The number of carbonyl (C=O) groups is 3. The number of ether oxygens (including phenoxy) is 2. The smallest absolute Gasteiger partial charge is 0.257 e. The minimum absolute atomic E-state index is 0.0732. The van der Waals surface area contributed by atoms with Crippen molar-refractivity contribution >= 4 is 23.4 Å². The maximum Gasteiger partial charge on any atom is 0.257 e. The van der Waals surface area contributed by atoms with Crippen LogP contribution in [0.25, 0.3) is 0 Å². The molecule has 8 nitrogen and oxygen atoms in total. The van der Waals surface area contributed by atoms with E-state index in [-0.39, 0.29) is 36.0 Å². The van der Waals surface area contributed by atoms with Crippen molar-refractivity contribution in [2.75, 3.05) is 32.1 Å². The van der Waals surface area contributed by atoms with E-state index in [9.17, 15) is 14.4 Å². The predicted octanol–water partition coefficient (Wildman–Crippen LogP) is 3.21. The lowest BCUT2D eigenvalue weighted by atomic mass is 9.94. The second-order valence-corrected chi connectivity index (χ2v) is 9.32. The molecule has 0 spiro atoms. The van der Waals surface area contributed by atoms with Crippen LogP contribution < -0.4 is 10.1 Å².